The van der Waals surface area contributed by atoms with E-state index in [0.717, 1.165) is 62.2 Å². The predicted molar refractivity (Wildman–Crippen MR) is 167 cm³/mol. The van der Waals surface area contributed by atoms with Crippen LogP contribution in [0.4, 0.5) is 0 Å². The van der Waals surface area contributed by atoms with Crippen molar-refractivity contribution in [1.82, 2.24) is 9.80 Å². The standard InChI is InChI=1S/C23H29NO3.C11H25NO2/c1-24-13-11-23(12-14-24,20-6-3-2-4-7-20)21-18-19(8-9-22(21)26)10-17-27-16-5-15-25;1-9(2)7-10(3)12(4)8-11(13-5)14-6/h2-4,6-9,15,18,26H,5,10-14,16-17H2,1H3;9-11H,7-8H2,1-6H3. The van der Waals surface area contributed by atoms with Gasteiger partial charge in [-0.2, -0.15) is 0 Å². The third-order valence-electron chi connectivity index (χ3n) is 8.19. The van der Waals surface area contributed by atoms with Crippen LogP contribution in [0.1, 0.15) is 63.1 Å². The molecule has 2 aromatic rings. The van der Waals surface area contributed by atoms with Gasteiger partial charge in [-0.05, 0) is 82.9 Å². The largest absolute Gasteiger partial charge is 0.508 e. The van der Waals surface area contributed by atoms with Crippen molar-refractivity contribution in [2.75, 3.05) is 61.2 Å². The van der Waals surface area contributed by atoms with Crippen LogP contribution < -0.4 is 0 Å². The molecule has 0 saturated carbocycles. The topological polar surface area (TPSA) is 71.5 Å². The van der Waals surface area contributed by atoms with Crippen molar-refractivity contribution in [3.63, 3.8) is 0 Å². The Balaban J connectivity index is 0.000000357. The molecule has 0 amide bonds. The maximum atomic E-state index is 10.7. The highest BCUT2D eigenvalue weighted by atomic mass is 16.7. The molecule has 1 aliphatic rings. The first-order valence-electron chi connectivity index (χ1n) is 15.0. The highest BCUT2D eigenvalue weighted by molar-refractivity contribution is 5.49. The molecule has 1 aliphatic heterocycles. The summed E-state index contributed by atoms with van der Waals surface area (Å²) >= 11 is 0. The highest BCUT2D eigenvalue weighted by Gasteiger charge is 2.39. The lowest BCUT2D eigenvalue weighted by atomic mass is 9.67. The van der Waals surface area contributed by atoms with E-state index < -0.39 is 0 Å². The van der Waals surface area contributed by atoms with Gasteiger partial charge < -0.3 is 29.0 Å². The smallest absolute Gasteiger partial charge is 0.169 e. The Hall–Kier alpha value is -2.29. The summed E-state index contributed by atoms with van der Waals surface area (Å²) in [4.78, 5) is 15.0. The van der Waals surface area contributed by atoms with Crippen LogP contribution in [-0.4, -0.2) is 94.7 Å². The van der Waals surface area contributed by atoms with Crippen LogP contribution >= 0.6 is 0 Å². The molecular formula is C34H54N2O5. The van der Waals surface area contributed by atoms with Crippen LogP contribution in [-0.2, 0) is 30.8 Å². The Labute approximate surface area is 248 Å². The minimum Gasteiger partial charge on any atom is -0.508 e. The van der Waals surface area contributed by atoms with E-state index >= 15 is 0 Å². The van der Waals surface area contributed by atoms with E-state index in [2.05, 4.69) is 75.0 Å². The van der Waals surface area contributed by atoms with Gasteiger partial charge in [-0.3, -0.25) is 4.90 Å². The fraction of sp³-hybridized carbons (Fsp3) is 0.618. The van der Waals surface area contributed by atoms with Gasteiger partial charge in [0.25, 0.3) is 0 Å². The molecule has 0 aliphatic carbocycles. The Morgan fingerprint density at radius 3 is 2.27 bits per heavy atom. The number of likely N-dealkylation sites (N-methyl/N-ethyl adjacent to an activating group) is 1. The number of methoxy groups -OCH3 is 2. The summed E-state index contributed by atoms with van der Waals surface area (Å²) in [6, 6.07) is 17.1. The second kappa shape index (κ2) is 18.3. The van der Waals surface area contributed by atoms with Gasteiger partial charge in [0.2, 0.25) is 0 Å². The minimum atomic E-state index is -0.160. The van der Waals surface area contributed by atoms with Crippen molar-refractivity contribution in [3.8, 4) is 5.75 Å². The Kier molecular flexibility index (Phi) is 15.6. The van der Waals surface area contributed by atoms with Crippen LogP contribution in [0.25, 0.3) is 0 Å². The molecule has 7 heteroatoms. The number of phenols is 1. The second-order valence-corrected chi connectivity index (χ2v) is 11.7. The van der Waals surface area contributed by atoms with Gasteiger partial charge in [-0.15, -0.1) is 0 Å². The minimum absolute atomic E-state index is 0.116. The molecule has 1 N–H and O–H groups in total. The lowest BCUT2D eigenvalue weighted by molar-refractivity contribution is -0.117. The van der Waals surface area contributed by atoms with Gasteiger partial charge in [0.15, 0.2) is 6.29 Å². The van der Waals surface area contributed by atoms with Gasteiger partial charge in [0.1, 0.15) is 12.0 Å². The summed E-state index contributed by atoms with van der Waals surface area (Å²) in [7, 11) is 7.62. The summed E-state index contributed by atoms with van der Waals surface area (Å²) in [5.41, 5.74) is 3.29. The number of benzene rings is 2. The summed E-state index contributed by atoms with van der Waals surface area (Å²) in [6.07, 6.45) is 5.15. The van der Waals surface area contributed by atoms with Crippen LogP contribution in [0.15, 0.2) is 48.5 Å². The maximum absolute atomic E-state index is 10.7. The van der Waals surface area contributed by atoms with Gasteiger partial charge >= 0.3 is 0 Å². The molecule has 1 fully saturated rings. The first-order valence-corrected chi connectivity index (χ1v) is 15.0. The predicted octanol–water partition coefficient (Wildman–Crippen LogP) is 5.52. The Morgan fingerprint density at radius 1 is 1.02 bits per heavy atom. The molecule has 1 atom stereocenters. The SMILES string of the molecule is CN1CCC(c2ccccc2)(c2cc(CCOCCC=O)ccc2O)CC1.COC(CN(C)C(C)CC(C)C)OC. The fourth-order valence-electron chi connectivity index (χ4n) is 5.54. The van der Waals surface area contributed by atoms with Crippen molar-refractivity contribution < 1.29 is 24.1 Å². The summed E-state index contributed by atoms with van der Waals surface area (Å²) in [6.45, 7) is 10.6. The molecule has 41 heavy (non-hydrogen) atoms. The van der Waals surface area contributed by atoms with E-state index in [-0.39, 0.29) is 11.7 Å². The van der Waals surface area contributed by atoms with Gasteiger partial charge in [-0.1, -0.05) is 56.3 Å². The maximum Gasteiger partial charge on any atom is 0.169 e. The van der Waals surface area contributed by atoms with E-state index in [4.69, 9.17) is 14.2 Å². The molecular weight excluding hydrogens is 516 g/mol. The number of piperidine rings is 1. The van der Waals surface area contributed by atoms with E-state index in [9.17, 15) is 9.90 Å². The van der Waals surface area contributed by atoms with Crippen molar-refractivity contribution in [1.29, 1.82) is 0 Å². The molecule has 0 radical (unpaired) electrons. The van der Waals surface area contributed by atoms with Crippen LogP contribution in [0.5, 0.6) is 5.75 Å². The number of ether oxygens (including phenoxy) is 3. The number of phenolic OH excluding ortho intramolecular Hbond substituents is 1. The van der Waals surface area contributed by atoms with Crippen molar-refractivity contribution >= 4 is 6.29 Å². The zero-order valence-corrected chi connectivity index (χ0v) is 26.5. The lowest BCUT2D eigenvalue weighted by Crippen LogP contribution is -2.41. The van der Waals surface area contributed by atoms with Crippen molar-refractivity contribution in [3.05, 3.63) is 65.2 Å². The Morgan fingerprint density at radius 2 is 1.68 bits per heavy atom. The average molecular weight is 571 g/mol. The number of carbonyl (C=O) groups is 1. The highest BCUT2D eigenvalue weighted by Crippen LogP contribution is 2.45. The number of aldehydes is 1. The number of aromatic hydroxyl groups is 1. The zero-order chi connectivity index (χ0) is 30.3. The molecule has 7 nitrogen and oxygen atoms in total. The lowest BCUT2D eigenvalue weighted by Gasteiger charge is -2.42. The van der Waals surface area contributed by atoms with Gasteiger partial charge in [0, 0.05) is 44.2 Å². The third-order valence-corrected chi connectivity index (χ3v) is 8.19. The first-order chi connectivity index (χ1) is 19.7. The number of nitrogens with zero attached hydrogens (tertiary/aromatic N) is 2. The van der Waals surface area contributed by atoms with E-state index in [1.807, 2.05) is 18.2 Å². The van der Waals surface area contributed by atoms with Gasteiger partial charge in [0.05, 0.1) is 13.2 Å². The molecule has 230 valence electrons. The molecule has 0 aromatic heterocycles. The summed E-state index contributed by atoms with van der Waals surface area (Å²) in [5.74, 6) is 1.10. The monoisotopic (exact) mass is 570 g/mol. The molecule has 1 unspecified atom stereocenters. The van der Waals surface area contributed by atoms with E-state index in [0.29, 0.717) is 31.4 Å². The molecule has 1 saturated heterocycles. The quantitative estimate of drug-likeness (QED) is 0.172. The van der Waals surface area contributed by atoms with E-state index in [1.165, 1.54) is 12.0 Å². The zero-order valence-electron chi connectivity index (χ0n) is 26.5. The van der Waals surface area contributed by atoms with Crippen LogP contribution in [0.3, 0.4) is 0 Å². The number of likely N-dealkylation sites (tertiary alicyclic amines) is 1. The molecule has 0 spiro atoms. The number of hydrogen-bond acceptors (Lipinski definition) is 7. The van der Waals surface area contributed by atoms with E-state index in [1.54, 1.807) is 14.2 Å². The molecule has 2 aromatic carbocycles. The molecule has 3 rings (SSSR count). The fourth-order valence-corrected chi connectivity index (χ4v) is 5.54. The van der Waals surface area contributed by atoms with Gasteiger partial charge in [-0.25, -0.2) is 0 Å². The number of hydrogen-bond donors (Lipinski definition) is 1. The normalized spacial score (nSPS) is 16.0. The van der Waals surface area contributed by atoms with Crippen molar-refractivity contribution in [2.24, 2.45) is 5.92 Å². The third kappa shape index (κ3) is 11.1. The molecule has 1 heterocycles. The average Bonchev–Trinajstić information content (AvgIpc) is 2.97. The molecule has 0 bridgehead atoms. The summed E-state index contributed by atoms with van der Waals surface area (Å²) in [5, 5.41) is 10.7. The first kappa shape index (κ1) is 34.9. The number of rotatable bonds is 15. The summed E-state index contributed by atoms with van der Waals surface area (Å²) < 4.78 is 15.8. The second-order valence-electron chi connectivity index (χ2n) is 11.7. The van der Waals surface area contributed by atoms with Crippen LogP contribution in [0, 0.1) is 5.92 Å². The number of carbonyl (C=O) groups excluding carboxylic acids is 1. The van der Waals surface area contributed by atoms with Crippen LogP contribution in [0.2, 0.25) is 0 Å². The van der Waals surface area contributed by atoms with Crippen molar-refractivity contribution in [2.45, 2.75) is 70.6 Å². The Bertz CT molecular complexity index is 988.